The third-order valence-corrected chi connectivity index (χ3v) is 1.73. The van der Waals surface area contributed by atoms with E-state index in [1.165, 1.54) is 0 Å². The Balaban J connectivity index is 3.92. The van der Waals surface area contributed by atoms with Gasteiger partial charge in [-0.25, -0.2) is 4.79 Å². The third-order valence-electron chi connectivity index (χ3n) is 1.19. The second-order valence-electron chi connectivity index (χ2n) is 3.57. The van der Waals surface area contributed by atoms with Gasteiger partial charge in [0.2, 0.25) is 0 Å². The zero-order valence-electron chi connectivity index (χ0n) is 7.78. The molecular weight excluding hydrogens is 289 g/mol. The van der Waals surface area contributed by atoms with Gasteiger partial charge in [-0.05, 0) is 22.6 Å². The first-order valence-electron chi connectivity index (χ1n) is 3.67. The topological polar surface area (TPSA) is 81.8 Å². The van der Waals surface area contributed by atoms with Crippen LogP contribution in [0.3, 0.4) is 0 Å². The van der Waals surface area contributed by atoms with Gasteiger partial charge >= 0.3 is 6.09 Å². The van der Waals surface area contributed by atoms with Crippen molar-refractivity contribution < 1.29 is 19.4 Å². The van der Waals surface area contributed by atoms with Crippen LogP contribution in [0.4, 0.5) is 4.79 Å². The average molecular weight is 303 g/mol. The van der Waals surface area contributed by atoms with Gasteiger partial charge in [0.1, 0.15) is 0 Å². The van der Waals surface area contributed by atoms with Gasteiger partial charge in [0.05, 0.1) is 0 Å². The quantitative estimate of drug-likeness (QED) is 0.466. The Morgan fingerprint density at radius 3 is 2.31 bits per heavy atom. The summed E-state index contributed by atoms with van der Waals surface area (Å²) in [6.07, 6.45) is -1.94. The number of rotatable bonds is 3. The molecule has 1 amide bonds. The fourth-order valence-corrected chi connectivity index (χ4v) is 0.953. The molecule has 0 aliphatic rings. The largest absolute Gasteiger partial charge is 0.410 e. The number of amides is 1. The van der Waals surface area contributed by atoms with Crippen molar-refractivity contribution in [2.24, 2.45) is 11.1 Å². The van der Waals surface area contributed by atoms with Crippen molar-refractivity contribution in [2.45, 2.75) is 31.4 Å². The highest BCUT2D eigenvalue weighted by Gasteiger charge is 2.26. The number of hydrogen-bond acceptors (Lipinski definition) is 4. The molecule has 0 bridgehead atoms. The molecule has 2 atom stereocenters. The maximum Gasteiger partial charge on any atom is 0.407 e. The normalized spacial score (nSPS) is 16.4. The maximum atomic E-state index is 10.3. The van der Waals surface area contributed by atoms with Crippen molar-refractivity contribution in [1.82, 2.24) is 0 Å². The van der Waals surface area contributed by atoms with Crippen molar-refractivity contribution in [1.29, 1.82) is 0 Å². The summed E-state index contributed by atoms with van der Waals surface area (Å²) in [5.74, 6) is 0. The summed E-state index contributed by atoms with van der Waals surface area (Å²) in [4.78, 5) is 10.3. The van der Waals surface area contributed by atoms with E-state index in [0.29, 0.717) is 0 Å². The molecule has 0 heterocycles. The predicted molar refractivity (Wildman–Crippen MR) is 55.0 cm³/mol. The highest BCUT2D eigenvalue weighted by molar-refractivity contribution is 14.1. The number of ether oxygens (including phenoxy) is 2. The lowest BCUT2D eigenvalue weighted by Crippen LogP contribution is -2.33. The number of carbonyl (C=O) groups is 1. The molecule has 6 heteroatoms. The molecule has 0 aromatic heterocycles. The Hall–Kier alpha value is -0.0800. The Morgan fingerprint density at radius 2 is 2.00 bits per heavy atom. The van der Waals surface area contributed by atoms with Crippen LogP contribution in [-0.4, -0.2) is 21.8 Å². The molecule has 5 nitrogen and oxygen atoms in total. The van der Waals surface area contributed by atoms with E-state index in [1.807, 2.05) is 0 Å². The first-order chi connectivity index (χ1) is 5.73. The number of nitrogens with two attached hydrogens (primary N) is 1. The van der Waals surface area contributed by atoms with Gasteiger partial charge in [0.15, 0.2) is 6.29 Å². The molecule has 0 saturated carbocycles. The van der Waals surface area contributed by atoms with Crippen LogP contribution < -0.4 is 5.73 Å². The maximum absolute atomic E-state index is 10.3. The minimum atomic E-state index is -1.01. The van der Waals surface area contributed by atoms with Crippen molar-refractivity contribution in [2.75, 3.05) is 0 Å². The predicted octanol–water partition coefficient (Wildman–Crippen LogP) is 1.18. The number of primary amides is 1. The van der Waals surface area contributed by atoms with Gasteiger partial charge in [0, 0.05) is 5.41 Å². The van der Waals surface area contributed by atoms with Crippen molar-refractivity contribution in [3.8, 4) is 0 Å². The summed E-state index contributed by atoms with van der Waals surface area (Å²) in [6, 6.07) is 0. The molecule has 78 valence electrons. The monoisotopic (exact) mass is 303 g/mol. The molecule has 0 fully saturated rings. The standard InChI is InChI=1S/C7H14INO4/c1-7(2,3)4(10)12-5(8)13-6(9)11/h4-5,10H,1-3H3,(H2,9,11). The number of hydrogen-bond donors (Lipinski definition) is 2. The second-order valence-corrected chi connectivity index (χ2v) is 4.58. The zero-order chi connectivity index (χ0) is 10.6. The molecule has 0 aliphatic heterocycles. The van der Waals surface area contributed by atoms with E-state index in [4.69, 9.17) is 10.5 Å². The van der Waals surface area contributed by atoms with Gasteiger partial charge in [-0.15, -0.1) is 0 Å². The summed E-state index contributed by atoms with van der Waals surface area (Å²) in [6.45, 7) is 5.39. The minimum Gasteiger partial charge on any atom is -0.410 e. The fourth-order valence-electron chi connectivity index (χ4n) is 0.425. The number of carbonyl (C=O) groups excluding carboxylic acids is 1. The van der Waals surface area contributed by atoms with Crippen LogP contribution in [-0.2, 0) is 9.47 Å². The number of aliphatic hydroxyl groups excluding tert-OH is 1. The van der Waals surface area contributed by atoms with E-state index in [0.717, 1.165) is 0 Å². The average Bonchev–Trinajstić information content (AvgIpc) is 1.82. The van der Waals surface area contributed by atoms with E-state index in [2.05, 4.69) is 4.74 Å². The molecular formula is C7H14INO4. The molecule has 0 aliphatic carbocycles. The summed E-state index contributed by atoms with van der Waals surface area (Å²) in [5, 5.41) is 9.41. The van der Waals surface area contributed by atoms with E-state index in [9.17, 15) is 9.90 Å². The molecule has 2 unspecified atom stereocenters. The third kappa shape index (κ3) is 6.05. The van der Waals surface area contributed by atoms with E-state index >= 15 is 0 Å². The van der Waals surface area contributed by atoms with E-state index in [1.54, 1.807) is 43.4 Å². The van der Waals surface area contributed by atoms with Gasteiger partial charge < -0.3 is 20.3 Å². The van der Waals surface area contributed by atoms with Gasteiger partial charge in [-0.2, -0.15) is 0 Å². The first-order valence-corrected chi connectivity index (χ1v) is 4.91. The Bertz CT molecular complexity index is 180. The van der Waals surface area contributed by atoms with Crippen LogP contribution in [0, 0.1) is 5.41 Å². The molecule has 0 aromatic rings. The Kier molecular flexibility index (Phi) is 4.93. The van der Waals surface area contributed by atoms with E-state index in [-0.39, 0.29) is 0 Å². The summed E-state index contributed by atoms with van der Waals surface area (Å²) >= 11 is 1.71. The van der Waals surface area contributed by atoms with Crippen LogP contribution in [0.1, 0.15) is 20.8 Å². The van der Waals surface area contributed by atoms with Crippen molar-refractivity contribution in [3.63, 3.8) is 0 Å². The summed E-state index contributed by atoms with van der Waals surface area (Å²) in [5.41, 5.74) is 4.32. The van der Waals surface area contributed by atoms with Crippen LogP contribution in [0.25, 0.3) is 0 Å². The fraction of sp³-hybridized carbons (Fsp3) is 0.857. The lowest BCUT2D eigenvalue weighted by atomic mass is 9.96. The highest BCUT2D eigenvalue weighted by atomic mass is 127. The van der Waals surface area contributed by atoms with Crippen molar-refractivity contribution >= 4 is 28.7 Å². The van der Waals surface area contributed by atoms with Gasteiger partial charge in [-0.1, -0.05) is 20.8 Å². The smallest absolute Gasteiger partial charge is 0.407 e. The van der Waals surface area contributed by atoms with Crippen LogP contribution >= 0.6 is 22.6 Å². The Labute approximate surface area is 90.7 Å². The molecule has 0 rings (SSSR count). The van der Waals surface area contributed by atoms with E-state index < -0.39 is 22.1 Å². The summed E-state index contributed by atoms with van der Waals surface area (Å²) < 4.78 is 8.53. The van der Waals surface area contributed by atoms with Crippen LogP contribution in [0.5, 0.6) is 0 Å². The SMILES string of the molecule is CC(C)(C)C(O)OC(I)OC(N)=O. The number of alkyl halides is 1. The lowest BCUT2D eigenvalue weighted by Gasteiger charge is -2.27. The number of aliphatic hydroxyl groups is 1. The zero-order valence-corrected chi connectivity index (χ0v) is 9.94. The minimum absolute atomic E-state index is 0.426. The van der Waals surface area contributed by atoms with Crippen LogP contribution in [0.15, 0.2) is 0 Å². The molecule has 0 aromatic carbocycles. The van der Waals surface area contributed by atoms with Crippen molar-refractivity contribution in [3.05, 3.63) is 0 Å². The number of halogens is 1. The van der Waals surface area contributed by atoms with Crippen LogP contribution in [0.2, 0.25) is 0 Å². The molecule has 0 radical (unpaired) electrons. The van der Waals surface area contributed by atoms with Gasteiger partial charge in [0.25, 0.3) is 4.30 Å². The van der Waals surface area contributed by atoms with Gasteiger partial charge in [-0.3, -0.25) is 0 Å². The molecule has 13 heavy (non-hydrogen) atoms. The second kappa shape index (κ2) is 4.97. The molecule has 0 saturated heterocycles. The molecule has 3 N–H and O–H groups in total. The molecule has 0 spiro atoms. The highest BCUT2D eigenvalue weighted by Crippen LogP contribution is 2.22. The Morgan fingerprint density at radius 1 is 1.54 bits per heavy atom. The first kappa shape index (κ1) is 12.9. The lowest BCUT2D eigenvalue weighted by molar-refractivity contribution is -0.203. The summed E-state index contributed by atoms with van der Waals surface area (Å²) in [7, 11) is 0.